The van der Waals surface area contributed by atoms with Gasteiger partial charge in [0, 0.05) is 13.1 Å². The highest BCUT2D eigenvalue weighted by atomic mass is 32.2. The quantitative estimate of drug-likeness (QED) is 0.228. The molecule has 4 aromatic rings. The van der Waals surface area contributed by atoms with E-state index in [1.807, 2.05) is 42.5 Å². The first-order chi connectivity index (χ1) is 18.9. The van der Waals surface area contributed by atoms with Gasteiger partial charge in [0.2, 0.25) is 0 Å². The molecule has 5 rings (SSSR count). The summed E-state index contributed by atoms with van der Waals surface area (Å²) in [5.41, 5.74) is 3.16. The third kappa shape index (κ3) is 4.89. The van der Waals surface area contributed by atoms with Crippen LogP contribution in [0.25, 0.3) is 10.2 Å². The zero-order valence-corrected chi connectivity index (χ0v) is 23.0. The predicted octanol–water partition coefficient (Wildman–Crippen LogP) is 5.64. The number of thiazole rings is 1. The summed E-state index contributed by atoms with van der Waals surface area (Å²) in [6.07, 6.45) is 18.1. The minimum Gasteiger partial charge on any atom is -0.295 e. The van der Waals surface area contributed by atoms with Crippen LogP contribution >= 0.6 is 11.3 Å². The summed E-state index contributed by atoms with van der Waals surface area (Å²) in [7, 11) is -2.54. The van der Waals surface area contributed by atoms with Crippen molar-refractivity contribution in [2.24, 2.45) is 0 Å². The summed E-state index contributed by atoms with van der Waals surface area (Å²) in [6, 6.07) is 27.1. The van der Waals surface area contributed by atoms with E-state index < -0.39 is 21.5 Å². The van der Waals surface area contributed by atoms with Gasteiger partial charge in [0.1, 0.15) is 5.01 Å². The van der Waals surface area contributed by atoms with E-state index in [0.717, 1.165) is 30.7 Å². The average molecular weight is 550 g/mol. The van der Waals surface area contributed by atoms with E-state index in [4.69, 9.17) is 17.8 Å². The van der Waals surface area contributed by atoms with Crippen LogP contribution in [0.5, 0.6) is 0 Å². The Bertz CT molecular complexity index is 1730. The van der Waals surface area contributed by atoms with E-state index in [1.165, 1.54) is 7.05 Å². The normalized spacial score (nSPS) is 17.7. The molecule has 39 heavy (non-hydrogen) atoms. The lowest BCUT2D eigenvalue weighted by Gasteiger charge is -2.33. The molecule has 5 nitrogen and oxygen atoms in total. The van der Waals surface area contributed by atoms with E-state index >= 15 is 0 Å². The fraction of sp³-hybridized carbons (Fsp3) is 0.156. The summed E-state index contributed by atoms with van der Waals surface area (Å²) >= 11 is 1.69. The molecular weight excluding hydrogens is 523 g/mol. The standard InChI is InChI=1S/C32H27N3O2S2/c1-4-23-33-30(26-15-9-12-18-29(26)39(36,37)35(3)5-2)24-19-21-32(22-20-24,25-13-7-6-8-14-25)31-34-27-16-10-11-17-28(27)38-31/h1-2,6-21,30,33H,22-23H2,3H3. The first kappa shape index (κ1) is 26.5. The van der Waals surface area contributed by atoms with Crippen molar-refractivity contribution in [2.75, 3.05) is 13.6 Å². The Labute approximate surface area is 234 Å². The lowest BCUT2D eigenvalue weighted by molar-refractivity contribution is 0.542. The van der Waals surface area contributed by atoms with Crippen molar-refractivity contribution >= 4 is 31.6 Å². The number of nitrogens with zero attached hydrogens (tertiary/aromatic N) is 2. The van der Waals surface area contributed by atoms with E-state index in [0.29, 0.717) is 12.0 Å². The van der Waals surface area contributed by atoms with Gasteiger partial charge in [-0.1, -0.05) is 91.2 Å². The molecule has 1 aliphatic carbocycles. The van der Waals surface area contributed by atoms with E-state index in [1.54, 1.807) is 29.5 Å². The SMILES string of the molecule is C#CCNC(C1=CCC(c2ccccc2)(c2nc3ccccc3s2)C=C1)c1ccccc1S(=O)(=O)N(C)C#C. The number of rotatable bonds is 8. The van der Waals surface area contributed by atoms with Crippen LogP contribution in [0.2, 0.25) is 0 Å². The van der Waals surface area contributed by atoms with Gasteiger partial charge >= 0.3 is 0 Å². The van der Waals surface area contributed by atoms with Crippen molar-refractivity contribution < 1.29 is 8.42 Å². The van der Waals surface area contributed by atoms with Crippen LogP contribution in [0.3, 0.4) is 0 Å². The lowest BCUT2D eigenvalue weighted by atomic mass is 9.73. The number of hydrogen-bond donors (Lipinski definition) is 1. The van der Waals surface area contributed by atoms with Crippen molar-refractivity contribution in [1.82, 2.24) is 14.6 Å². The largest absolute Gasteiger partial charge is 0.295 e. The summed E-state index contributed by atoms with van der Waals surface area (Å²) < 4.78 is 28.6. The Kier molecular flexibility index (Phi) is 7.41. The highest BCUT2D eigenvalue weighted by Crippen LogP contribution is 2.45. The van der Waals surface area contributed by atoms with Gasteiger partial charge in [-0.15, -0.1) is 17.8 Å². The van der Waals surface area contributed by atoms with Gasteiger partial charge in [-0.2, -0.15) is 0 Å². The number of fused-ring (bicyclic) bond motifs is 1. The molecule has 7 heteroatoms. The van der Waals surface area contributed by atoms with E-state index in [9.17, 15) is 8.42 Å². The summed E-state index contributed by atoms with van der Waals surface area (Å²) in [6.45, 7) is 0.261. The molecule has 0 radical (unpaired) electrons. The lowest BCUT2D eigenvalue weighted by Crippen LogP contribution is -2.31. The third-order valence-electron chi connectivity index (χ3n) is 6.98. The van der Waals surface area contributed by atoms with Gasteiger partial charge in [0.15, 0.2) is 0 Å². The maximum absolute atomic E-state index is 13.3. The zero-order valence-electron chi connectivity index (χ0n) is 21.4. The summed E-state index contributed by atoms with van der Waals surface area (Å²) in [5, 5.41) is 4.36. The topological polar surface area (TPSA) is 62.3 Å². The molecule has 194 valence electrons. The van der Waals surface area contributed by atoms with Gasteiger partial charge in [0.25, 0.3) is 10.0 Å². The van der Waals surface area contributed by atoms with Gasteiger partial charge in [-0.05, 0) is 41.3 Å². The Morgan fingerprint density at radius 2 is 1.77 bits per heavy atom. The highest BCUT2D eigenvalue weighted by molar-refractivity contribution is 7.89. The highest BCUT2D eigenvalue weighted by Gasteiger charge is 2.37. The Morgan fingerprint density at radius 3 is 2.46 bits per heavy atom. The number of sulfonamides is 1. The maximum atomic E-state index is 13.3. The van der Waals surface area contributed by atoms with E-state index in [-0.39, 0.29) is 11.4 Å². The van der Waals surface area contributed by atoms with Gasteiger partial charge in [0.05, 0.1) is 33.1 Å². The third-order valence-corrected chi connectivity index (χ3v) is 9.94. The van der Waals surface area contributed by atoms with Crippen LogP contribution in [0.4, 0.5) is 0 Å². The fourth-order valence-corrected chi connectivity index (χ4v) is 7.24. The second-order valence-corrected chi connectivity index (χ2v) is 12.2. The van der Waals surface area contributed by atoms with E-state index in [2.05, 4.69) is 53.7 Å². The second-order valence-electron chi connectivity index (χ2n) is 9.22. The minimum atomic E-state index is -3.91. The van der Waals surface area contributed by atoms with Crippen LogP contribution < -0.4 is 5.32 Å². The molecule has 1 aromatic heterocycles. The summed E-state index contributed by atoms with van der Waals surface area (Å²) in [5.74, 6) is 2.62. The molecular formula is C32H27N3O2S2. The van der Waals surface area contributed by atoms with Crippen molar-refractivity contribution in [3.05, 3.63) is 119 Å². The Morgan fingerprint density at radius 1 is 1.05 bits per heavy atom. The fourth-order valence-electron chi connectivity index (χ4n) is 4.90. The van der Waals surface area contributed by atoms with Gasteiger partial charge < -0.3 is 0 Å². The minimum absolute atomic E-state index is 0.139. The first-order valence-corrected chi connectivity index (χ1v) is 14.7. The summed E-state index contributed by atoms with van der Waals surface area (Å²) in [4.78, 5) is 5.17. The number of hydrogen-bond acceptors (Lipinski definition) is 5. The van der Waals surface area contributed by atoms with Crippen molar-refractivity contribution in [3.63, 3.8) is 0 Å². The van der Waals surface area contributed by atoms with Crippen LogP contribution in [0.15, 0.2) is 108 Å². The number of aromatic nitrogens is 1. The van der Waals surface area contributed by atoms with Crippen molar-refractivity contribution in [1.29, 1.82) is 0 Å². The number of allylic oxidation sites excluding steroid dienone is 2. The van der Waals surface area contributed by atoms with Crippen LogP contribution in [0.1, 0.15) is 28.6 Å². The number of benzene rings is 3. The molecule has 1 N–H and O–H groups in total. The zero-order chi connectivity index (χ0) is 27.5. The molecule has 0 saturated heterocycles. The van der Waals surface area contributed by atoms with Crippen LogP contribution in [0, 0.1) is 24.8 Å². The average Bonchev–Trinajstić information content (AvgIpc) is 3.43. The first-order valence-electron chi connectivity index (χ1n) is 12.4. The van der Waals surface area contributed by atoms with Crippen LogP contribution in [-0.4, -0.2) is 31.3 Å². The smallest absolute Gasteiger partial charge is 0.271 e. The molecule has 0 saturated carbocycles. The second kappa shape index (κ2) is 10.9. The van der Waals surface area contributed by atoms with Crippen molar-refractivity contribution in [3.8, 4) is 24.8 Å². The molecule has 0 spiro atoms. The molecule has 1 aliphatic rings. The van der Waals surface area contributed by atoms with Gasteiger partial charge in [-0.25, -0.2) is 17.7 Å². The number of para-hydroxylation sites is 1. The molecule has 2 unspecified atom stereocenters. The van der Waals surface area contributed by atoms with Crippen LogP contribution in [-0.2, 0) is 15.4 Å². The number of nitrogens with one attached hydrogen (secondary N) is 1. The molecule has 2 atom stereocenters. The molecule has 0 amide bonds. The van der Waals surface area contributed by atoms with Crippen molar-refractivity contribution in [2.45, 2.75) is 22.8 Å². The molecule has 0 fully saturated rings. The van der Waals surface area contributed by atoms with Gasteiger partial charge in [-0.3, -0.25) is 5.32 Å². The number of terminal acetylenes is 2. The Hall–Kier alpha value is -4.14. The Balaban J connectivity index is 1.60. The molecule has 3 aromatic carbocycles. The maximum Gasteiger partial charge on any atom is 0.271 e. The molecule has 1 heterocycles. The molecule has 0 aliphatic heterocycles. The molecule has 0 bridgehead atoms. The predicted molar refractivity (Wildman–Crippen MR) is 158 cm³/mol. The monoisotopic (exact) mass is 549 g/mol.